The summed E-state index contributed by atoms with van der Waals surface area (Å²) in [6, 6.07) is -0.198. The molecule has 5 nitrogen and oxygen atoms in total. The number of nitrogens with one attached hydrogen (secondary N) is 2. The van der Waals surface area contributed by atoms with Gasteiger partial charge in [-0.2, -0.15) is 0 Å². The standard InChI is InChI=1S/C10H12Cl2N4O/c11-8-7(9(12)15-5-14-8)16-10(17)6-3-1-2-4-13-6/h5-6,13H,1-4H2,(H,16,17)/t6-/m0/s1. The zero-order chi connectivity index (χ0) is 12.3. The predicted octanol–water partition coefficient (Wildman–Crippen LogP) is 1.86. The SMILES string of the molecule is O=C(Nc1c(Cl)ncnc1Cl)[C@@H]1CCCCN1. The van der Waals surface area contributed by atoms with Crippen molar-refractivity contribution < 1.29 is 4.79 Å². The van der Waals surface area contributed by atoms with Crippen LogP contribution in [0.4, 0.5) is 5.69 Å². The molecule has 7 heteroatoms. The van der Waals surface area contributed by atoms with E-state index in [1.807, 2.05) is 0 Å². The first-order chi connectivity index (χ1) is 8.18. The van der Waals surface area contributed by atoms with Crippen LogP contribution in [0.3, 0.4) is 0 Å². The molecule has 17 heavy (non-hydrogen) atoms. The number of aromatic nitrogens is 2. The van der Waals surface area contributed by atoms with Crippen LogP contribution in [0.1, 0.15) is 19.3 Å². The first-order valence-corrected chi connectivity index (χ1v) is 6.14. The van der Waals surface area contributed by atoms with Gasteiger partial charge in [-0.05, 0) is 19.4 Å². The number of hydrogen-bond donors (Lipinski definition) is 2. The van der Waals surface area contributed by atoms with Crippen LogP contribution >= 0.6 is 23.2 Å². The molecule has 0 spiro atoms. The van der Waals surface area contributed by atoms with Gasteiger partial charge in [0.05, 0.1) is 6.04 Å². The average molecular weight is 275 g/mol. The van der Waals surface area contributed by atoms with Crippen LogP contribution in [0, 0.1) is 0 Å². The monoisotopic (exact) mass is 274 g/mol. The molecule has 1 saturated heterocycles. The molecule has 1 atom stereocenters. The van der Waals surface area contributed by atoms with Gasteiger partial charge in [-0.1, -0.05) is 29.6 Å². The highest BCUT2D eigenvalue weighted by Gasteiger charge is 2.22. The smallest absolute Gasteiger partial charge is 0.241 e. The molecule has 1 amide bonds. The van der Waals surface area contributed by atoms with Crippen molar-refractivity contribution in [2.75, 3.05) is 11.9 Å². The van der Waals surface area contributed by atoms with Crippen LogP contribution in [-0.4, -0.2) is 28.5 Å². The van der Waals surface area contributed by atoms with Crippen molar-refractivity contribution in [2.24, 2.45) is 0 Å². The third-order valence-electron chi connectivity index (χ3n) is 2.63. The van der Waals surface area contributed by atoms with Gasteiger partial charge >= 0.3 is 0 Å². The van der Waals surface area contributed by atoms with Gasteiger partial charge in [0.1, 0.15) is 12.0 Å². The van der Waals surface area contributed by atoms with E-state index in [-0.39, 0.29) is 27.9 Å². The molecule has 0 unspecified atom stereocenters. The van der Waals surface area contributed by atoms with Crippen molar-refractivity contribution >= 4 is 34.8 Å². The summed E-state index contributed by atoms with van der Waals surface area (Å²) in [5.74, 6) is -0.150. The van der Waals surface area contributed by atoms with Crippen molar-refractivity contribution in [3.05, 3.63) is 16.6 Å². The van der Waals surface area contributed by atoms with E-state index < -0.39 is 0 Å². The minimum absolute atomic E-state index is 0.147. The number of nitrogens with zero attached hydrogens (tertiary/aromatic N) is 2. The zero-order valence-corrected chi connectivity index (χ0v) is 10.6. The Labute approximate surface area is 109 Å². The number of hydrogen-bond acceptors (Lipinski definition) is 4. The maximum atomic E-state index is 11.9. The first kappa shape index (κ1) is 12.5. The van der Waals surface area contributed by atoms with Gasteiger partial charge in [0.25, 0.3) is 0 Å². The third kappa shape index (κ3) is 3.06. The summed E-state index contributed by atoms with van der Waals surface area (Å²) < 4.78 is 0. The number of halogens is 2. The Morgan fingerprint density at radius 2 is 2.06 bits per heavy atom. The summed E-state index contributed by atoms with van der Waals surface area (Å²) in [6.07, 6.45) is 4.20. The van der Waals surface area contributed by atoms with E-state index in [1.165, 1.54) is 6.33 Å². The van der Waals surface area contributed by atoms with E-state index in [9.17, 15) is 4.79 Å². The van der Waals surface area contributed by atoms with Gasteiger partial charge < -0.3 is 10.6 Å². The summed E-state index contributed by atoms with van der Waals surface area (Å²) in [5.41, 5.74) is 0.271. The van der Waals surface area contributed by atoms with Crippen LogP contribution in [0.25, 0.3) is 0 Å². The Bertz CT molecular complexity index is 401. The topological polar surface area (TPSA) is 66.9 Å². The highest BCUT2D eigenvalue weighted by atomic mass is 35.5. The lowest BCUT2D eigenvalue weighted by Gasteiger charge is -2.22. The molecule has 1 aromatic rings. The average Bonchev–Trinajstić information content (AvgIpc) is 2.35. The molecule has 2 rings (SSSR count). The molecule has 0 aromatic carbocycles. The summed E-state index contributed by atoms with van der Waals surface area (Å²) in [5, 5.41) is 6.09. The van der Waals surface area contributed by atoms with E-state index in [2.05, 4.69) is 20.6 Å². The Morgan fingerprint density at radius 1 is 1.35 bits per heavy atom. The maximum Gasteiger partial charge on any atom is 0.241 e. The molecular weight excluding hydrogens is 263 g/mol. The van der Waals surface area contributed by atoms with Crippen molar-refractivity contribution in [3.63, 3.8) is 0 Å². The molecule has 1 aliphatic heterocycles. The molecule has 1 fully saturated rings. The molecular formula is C10H12Cl2N4O. The molecule has 1 aliphatic rings. The summed E-state index contributed by atoms with van der Waals surface area (Å²) >= 11 is 11.7. The highest BCUT2D eigenvalue weighted by molar-refractivity contribution is 6.38. The number of amides is 1. The lowest BCUT2D eigenvalue weighted by molar-refractivity contribution is -0.118. The normalized spacial score (nSPS) is 20.0. The van der Waals surface area contributed by atoms with E-state index in [4.69, 9.17) is 23.2 Å². The van der Waals surface area contributed by atoms with E-state index >= 15 is 0 Å². The van der Waals surface area contributed by atoms with Gasteiger partial charge in [-0.25, -0.2) is 9.97 Å². The van der Waals surface area contributed by atoms with E-state index in [0.29, 0.717) is 0 Å². The van der Waals surface area contributed by atoms with Crippen LogP contribution in [-0.2, 0) is 4.79 Å². The molecule has 2 N–H and O–H groups in total. The minimum atomic E-state index is -0.198. The molecule has 0 bridgehead atoms. The molecule has 0 radical (unpaired) electrons. The van der Waals surface area contributed by atoms with E-state index in [1.54, 1.807) is 0 Å². The van der Waals surface area contributed by atoms with E-state index in [0.717, 1.165) is 25.8 Å². The Kier molecular flexibility index (Phi) is 4.15. The summed E-state index contributed by atoms with van der Waals surface area (Å²) in [7, 11) is 0. The number of anilines is 1. The molecule has 92 valence electrons. The molecule has 1 aromatic heterocycles. The van der Waals surface area contributed by atoms with Crippen molar-refractivity contribution in [1.29, 1.82) is 0 Å². The quantitative estimate of drug-likeness (QED) is 0.808. The highest BCUT2D eigenvalue weighted by Crippen LogP contribution is 2.26. The fourth-order valence-corrected chi connectivity index (χ4v) is 2.14. The molecule has 2 heterocycles. The van der Waals surface area contributed by atoms with Gasteiger partial charge in [0, 0.05) is 0 Å². The molecule has 0 aliphatic carbocycles. The predicted molar refractivity (Wildman–Crippen MR) is 66.3 cm³/mol. The van der Waals surface area contributed by atoms with Gasteiger partial charge in [-0.3, -0.25) is 4.79 Å². The summed E-state index contributed by atoms with van der Waals surface area (Å²) in [4.78, 5) is 19.5. The van der Waals surface area contributed by atoms with Crippen molar-refractivity contribution in [3.8, 4) is 0 Å². The third-order valence-corrected chi connectivity index (χ3v) is 3.20. The Morgan fingerprint density at radius 3 is 2.65 bits per heavy atom. The van der Waals surface area contributed by atoms with Crippen LogP contribution in [0.15, 0.2) is 6.33 Å². The molecule has 0 saturated carbocycles. The fraction of sp³-hybridized carbons (Fsp3) is 0.500. The number of carbonyl (C=O) groups excluding carboxylic acids is 1. The lowest BCUT2D eigenvalue weighted by Crippen LogP contribution is -2.43. The number of rotatable bonds is 2. The van der Waals surface area contributed by atoms with Crippen LogP contribution in [0.5, 0.6) is 0 Å². The number of piperidine rings is 1. The fourth-order valence-electron chi connectivity index (χ4n) is 1.73. The lowest BCUT2D eigenvalue weighted by atomic mass is 10.0. The van der Waals surface area contributed by atoms with Crippen LogP contribution < -0.4 is 10.6 Å². The van der Waals surface area contributed by atoms with Gasteiger partial charge in [-0.15, -0.1) is 0 Å². The first-order valence-electron chi connectivity index (χ1n) is 5.38. The minimum Gasteiger partial charge on any atom is -0.320 e. The van der Waals surface area contributed by atoms with Crippen molar-refractivity contribution in [2.45, 2.75) is 25.3 Å². The second-order valence-corrected chi connectivity index (χ2v) is 4.54. The van der Waals surface area contributed by atoms with Crippen molar-refractivity contribution in [1.82, 2.24) is 15.3 Å². The second-order valence-electron chi connectivity index (χ2n) is 3.82. The number of carbonyl (C=O) groups is 1. The van der Waals surface area contributed by atoms with Crippen LogP contribution in [0.2, 0.25) is 10.3 Å². The maximum absolute atomic E-state index is 11.9. The Hall–Kier alpha value is -0.910. The second kappa shape index (κ2) is 5.62. The van der Waals surface area contributed by atoms with Gasteiger partial charge in [0.15, 0.2) is 10.3 Å². The zero-order valence-electron chi connectivity index (χ0n) is 9.04. The van der Waals surface area contributed by atoms with Gasteiger partial charge in [0.2, 0.25) is 5.91 Å². The summed E-state index contributed by atoms with van der Waals surface area (Å²) in [6.45, 7) is 0.852. The Balaban J connectivity index is 2.07. The largest absolute Gasteiger partial charge is 0.320 e.